The summed E-state index contributed by atoms with van der Waals surface area (Å²) >= 11 is 0. The summed E-state index contributed by atoms with van der Waals surface area (Å²) < 4.78 is 9.75. The smallest absolute Gasteiger partial charge is 0.0893 e. The Morgan fingerprint density at radius 2 is 0.684 bits per heavy atom. The predicted molar refractivity (Wildman–Crippen MR) is 316 cm³/mol. The fourth-order valence-corrected chi connectivity index (χ4v) is 12.7. The van der Waals surface area contributed by atoms with Crippen LogP contribution in [0.2, 0.25) is 0 Å². The third kappa shape index (κ3) is 6.34. The second-order valence-electron chi connectivity index (χ2n) is 20.0. The Balaban J connectivity index is 0.883. The van der Waals surface area contributed by atoms with Gasteiger partial charge in [-0.15, -0.1) is 0 Å². The molecule has 356 valence electrons. The number of hydrogen-bond acceptors (Lipinski definition) is 2. The molecule has 1 aliphatic rings. The van der Waals surface area contributed by atoms with E-state index in [0.717, 1.165) is 68.2 Å². The molecule has 1 aliphatic carbocycles. The van der Waals surface area contributed by atoms with E-state index in [1.165, 1.54) is 76.6 Å². The van der Waals surface area contributed by atoms with E-state index in [4.69, 9.17) is 9.97 Å². The van der Waals surface area contributed by atoms with E-state index in [9.17, 15) is 0 Å². The van der Waals surface area contributed by atoms with Gasteiger partial charge in [0.25, 0.3) is 0 Å². The van der Waals surface area contributed by atoms with Gasteiger partial charge in [0.05, 0.1) is 72.6 Å². The molecule has 15 aromatic rings. The summed E-state index contributed by atoms with van der Waals surface area (Å²) in [5.41, 5.74) is 18.4. The molecule has 6 aromatic heterocycles. The van der Waals surface area contributed by atoms with Gasteiger partial charge in [-0.25, -0.2) is 4.98 Å². The number of nitrogens with zero attached hydrogens (tertiary/aromatic N) is 6. The number of pyridine rings is 2. The molecule has 0 saturated carbocycles. The largest absolute Gasteiger partial charge is 0.313 e. The van der Waals surface area contributed by atoms with Crippen molar-refractivity contribution in [3.8, 4) is 34.0 Å². The third-order valence-corrected chi connectivity index (χ3v) is 16.0. The summed E-state index contributed by atoms with van der Waals surface area (Å²) in [6.45, 7) is 0. The van der Waals surface area contributed by atoms with Crippen molar-refractivity contribution in [3.05, 3.63) is 267 Å². The van der Waals surface area contributed by atoms with Gasteiger partial charge in [-0.2, -0.15) is 0 Å². The van der Waals surface area contributed by atoms with E-state index in [-0.39, 0.29) is 5.92 Å². The molecule has 9 aromatic carbocycles. The molecule has 0 aliphatic heterocycles. The van der Waals surface area contributed by atoms with Gasteiger partial charge in [0.2, 0.25) is 0 Å². The number of fused-ring (bicyclic) bond motifs is 12. The molecule has 0 amide bonds. The van der Waals surface area contributed by atoms with Gasteiger partial charge in [-0.05, 0) is 103 Å². The van der Waals surface area contributed by atoms with Gasteiger partial charge >= 0.3 is 0 Å². The molecule has 16 rings (SSSR count). The van der Waals surface area contributed by atoms with Crippen LogP contribution in [0.15, 0.2) is 261 Å². The van der Waals surface area contributed by atoms with Crippen molar-refractivity contribution in [1.82, 2.24) is 28.2 Å². The summed E-state index contributed by atoms with van der Waals surface area (Å²) in [6, 6.07) is 89.8. The van der Waals surface area contributed by atoms with Gasteiger partial charge in [0.15, 0.2) is 0 Å². The number of allylic oxidation sites excluding steroid dienone is 4. The van der Waals surface area contributed by atoms with Gasteiger partial charge in [0, 0.05) is 78.1 Å². The quantitative estimate of drug-likeness (QED) is 0.160. The zero-order chi connectivity index (χ0) is 49.8. The lowest BCUT2D eigenvalue weighted by Crippen LogP contribution is -2.15. The van der Waals surface area contributed by atoms with Crippen LogP contribution in [-0.4, -0.2) is 28.2 Å². The lowest BCUT2D eigenvalue weighted by Gasteiger charge is -2.28. The third-order valence-electron chi connectivity index (χ3n) is 16.0. The van der Waals surface area contributed by atoms with E-state index >= 15 is 0 Å². The van der Waals surface area contributed by atoms with Crippen molar-refractivity contribution < 1.29 is 0 Å². The molecule has 1 unspecified atom stereocenters. The molecule has 0 saturated heterocycles. The van der Waals surface area contributed by atoms with Crippen LogP contribution in [0.3, 0.4) is 0 Å². The van der Waals surface area contributed by atoms with Gasteiger partial charge in [-0.1, -0.05) is 158 Å². The first-order valence-electron chi connectivity index (χ1n) is 26.2. The zero-order valence-electron chi connectivity index (χ0n) is 41.3. The first kappa shape index (κ1) is 42.5. The van der Waals surface area contributed by atoms with Crippen molar-refractivity contribution in [2.24, 2.45) is 0 Å². The Hall–Kier alpha value is -10.0. The van der Waals surface area contributed by atoms with E-state index < -0.39 is 0 Å². The van der Waals surface area contributed by atoms with Crippen molar-refractivity contribution >= 4 is 98.6 Å². The van der Waals surface area contributed by atoms with Gasteiger partial charge < -0.3 is 18.3 Å². The summed E-state index contributed by atoms with van der Waals surface area (Å²) in [5.74, 6) is -0.105. The van der Waals surface area contributed by atoms with Crippen LogP contribution in [0.4, 0.5) is 0 Å². The number of hydrogen-bond donors (Lipinski definition) is 0. The molecule has 0 fully saturated rings. The Labute approximate surface area is 437 Å². The second kappa shape index (κ2) is 16.7. The van der Waals surface area contributed by atoms with Gasteiger partial charge in [-0.3, -0.25) is 4.98 Å². The summed E-state index contributed by atoms with van der Waals surface area (Å²) in [6.07, 6.45) is 5.42. The normalized spacial score (nSPS) is 14.0. The van der Waals surface area contributed by atoms with Crippen LogP contribution < -0.4 is 0 Å². The maximum Gasteiger partial charge on any atom is 0.0893 e. The highest BCUT2D eigenvalue weighted by atomic mass is 15.0. The molecule has 6 heteroatoms. The topological polar surface area (TPSA) is 45.5 Å². The molecular weight excluding hydrogens is 925 g/mol. The molecule has 0 bridgehead atoms. The zero-order valence-corrected chi connectivity index (χ0v) is 41.3. The molecule has 0 spiro atoms. The van der Waals surface area contributed by atoms with Crippen LogP contribution in [0.5, 0.6) is 0 Å². The minimum absolute atomic E-state index is 0.105. The maximum absolute atomic E-state index is 5.68. The minimum atomic E-state index is -0.105. The second-order valence-corrected chi connectivity index (χ2v) is 20.0. The number of benzene rings is 9. The molecule has 0 N–H and O–H groups in total. The molecule has 76 heavy (non-hydrogen) atoms. The van der Waals surface area contributed by atoms with Crippen molar-refractivity contribution in [1.29, 1.82) is 0 Å². The molecule has 6 heterocycles. The van der Waals surface area contributed by atoms with Crippen molar-refractivity contribution in [2.75, 3.05) is 0 Å². The number of para-hydroxylation sites is 8. The Morgan fingerprint density at radius 1 is 0.303 bits per heavy atom. The van der Waals surface area contributed by atoms with Crippen LogP contribution >= 0.6 is 0 Å². The highest BCUT2D eigenvalue weighted by Crippen LogP contribution is 2.46. The lowest BCUT2D eigenvalue weighted by molar-refractivity contribution is 0.790. The molecule has 6 nitrogen and oxygen atoms in total. The Morgan fingerprint density at radius 3 is 1.16 bits per heavy atom. The summed E-state index contributed by atoms with van der Waals surface area (Å²) in [4.78, 5) is 11.3. The SMILES string of the molecule is C1=C(n2c3ccccc3c3ccccc32)CC(c2cccc(-c3cccc(-c4cc(-n5c6ccccc6c6ccccc65)ccc4-n4c5ccccc5c5ccccc54)n3)n2)C(n2c3ccccc3c3ccccc32)=C1. The highest BCUT2D eigenvalue weighted by molar-refractivity contribution is 6.13. The first-order chi connectivity index (χ1) is 37.7. The summed E-state index contributed by atoms with van der Waals surface area (Å²) in [7, 11) is 0. The van der Waals surface area contributed by atoms with Crippen LogP contribution in [0.25, 0.3) is 133 Å². The standard InChI is InChI=1S/C70H46N6/c1-9-31-61-47(19-1)48-20-2-10-32-62(48)73(61)45-39-41-69(75-65-35-13-5-23-51(65)52-24-6-14-36-66(52)75)55(43-45)57-27-17-29-59(71-57)60-30-18-28-58(72-60)56-44-46(74-63-33-11-3-21-49(63)50-22-4-12-34-64(50)74)40-42-70(56)76-67-37-15-7-25-53(67)54-26-8-16-38-68(54)76/h1-43,56H,44H2. The Kier molecular flexibility index (Phi) is 9.36. The van der Waals surface area contributed by atoms with Crippen molar-refractivity contribution in [2.45, 2.75) is 12.3 Å². The molecule has 0 radical (unpaired) electrons. The molecular formula is C70H46N6. The minimum Gasteiger partial charge on any atom is -0.313 e. The first-order valence-corrected chi connectivity index (χ1v) is 26.2. The lowest BCUT2D eigenvalue weighted by atomic mass is 9.90. The van der Waals surface area contributed by atoms with Crippen LogP contribution in [0, 0.1) is 0 Å². The number of rotatable bonds is 7. The van der Waals surface area contributed by atoms with E-state index in [0.29, 0.717) is 0 Å². The van der Waals surface area contributed by atoms with E-state index in [1.807, 2.05) is 0 Å². The highest BCUT2D eigenvalue weighted by Gasteiger charge is 2.29. The Bertz CT molecular complexity index is 4720. The molecule has 1 atom stereocenters. The number of aromatic nitrogens is 6. The summed E-state index contributed by atoms with van der Waals surface area (Å²) in [5, 5.41) is 9.85. The van der Waals surface area contributed by atoms with Crippen LogP contribution in [0.1, 0.15) is 18.0 Å². The fraction of sp³-hybridized carbons (Fsp3) is 0.0286. The van der Waals surface area contributed by atoms with Crippen molar-refractivity contribution in [3.63, 3.8) is 0 Å². The van der Waals surface area contributed by atoms with Gasteiger partial charge in [0.1, 0.15) is 0 Å². The fourth-order valence-electron chi connectivity index (χ4n) is 12.7. The average Bonchev–Trinajstić information content (AvgIpc) is 4.25. The average molecular weight is 971 g/mol. The van der Waals surface area contributed by atoms with E-state index in [1.54, 1.807) is 0 Å². The van der Waals surface area contributed by atoms with Crippen LogP contribution in [-0.2, 0) is 0 Å². The maximum atomic E-state index is 5.68. The predicted octanol–water partition coefficient (Wildman–Crippen LogP) is 17.8. The monoisotopic (exact) mass is 970 g/mol. The van der Waals surface area contributed by atoms with E-state index in [2.05, 4.69) is 279 Å².